The Morgan fingerprint density at radius 3 is 1.94 bits per heavy atom. The van der Waals surface area contributed by atoms with Crippen LogP contribution in [-0.2, 0) is 4.79 Å². The van der Waals surface area contributed by atoms with Crippen LogP contribution >= 0.6 is 0 Å². The first kappa shape index (κ1) is 23.8. The maximum absolute atomic E-state index is 13.2. The summed E-state index contributed by atoms with van der Waals surface area (Å²) in [5.74, 6) is 7.09. The van der Waals surface area contributed by atoms with Gasteiger partial charge in [0.05, 0.1) is 11.9 Å². The van der Waals surface area contributed by atoms with Gasteiger partial charge in [-0.3, -0.25) is 4.79 Å². The highest BCUT2D eigenvalue weighted by atomic mass is 16.1. The van der Waals surface area contributed by atoms with Crippen molar-refractivity contribution in [1.29, 1.82) is 0 Å². The Morgan fingerprint density at radius 2 is 1.42 bits per heavy atom. The highest BCUT2D eigenvalue weighted by Crippen LogP contribution is 2.39. The van der Waals surface area contributed by atoms with Gasteiger partial charge in [0.2, 0.25) is 5.91 Å². The van der Waals surface area contributed by atoms with Crippen LogP contribution in [0.3, 0.4) is 0 Å². The van der Waals surface area contributed by atoms with Crippen molar-refractivity contribution in [2.75, 3.05) is 10.7 Å². The average molecular weight is 427 g/mol. The van der Waals surface area contributed by atoms with Gasteiger partial charge in [-0.1, -0.05) is 89.7 Å². The highest BCUT2D eigenvalue weighted by Gasteiger charge is 2.25. The molecule has 1 aromatic heterocycles. The fourth-order valence-electron chi connectivity index (χ4n) is 5.45. The molecule has 172 valence electrons. The number of nitrogens with zero attached hydrogens (tertiary/aromatic N) is 1. The molecule has 2 aliphatic carbocycles. The Kier molecular flexibility index (Phi) is 9.85. The van der Waals surface area contributed by atoms with Crippen LogP contribution in [0.4, 0.5) is 11.5 Å². The fourth-order valence-corrected chi connectivity index (χ4v) is 5.45. The molecule has 5 nitrogen and oxygen atoms in total. The number of carbonyl (C=O) groups excluding carboxylic acids is 1. The molecular formula is C26H42N4O. The third kappa shape index (κ3) is 6.80. The van der Waals surface area contributed by atoms with E-state index in [0.29, 0.717) is 11.7 Å². The van der Waals surface area contributed by atoms with Crippen molar-refractivity contribution in [3.05, 3.63) is 23.9 Å². The predicted octanol–water partition coefficient (Wildman–Crippen LogP) is 6.92. The van der Waals surface area contributed by atoms with E-state index in [2.05, 4.69) is 22.3 Å². The standard InChI is InChI=1S/C26H42N4O/c1-2-22-24(20-15-11-7-4-3-5-8-12-16-20)23(19-28-25(22)30-27)29-26(31)21-17-13-9-6-10-14-18-21/h2,19-21H,1,3-18,27H2,(H,28,30)(H,29,31). The number of hydrogen-bond donors (Lipinski definition) is 3. The minimum atomic E-state index is 0.108. The number of nitrogens with one attached hydrogen (secondary N) is 2. The second kappa shape index (κ2) is 12.8. The van der Waals surface area contributed by atoms with Crippen LogP contribution in [0.15, 0.2) is 12.8 Å². The summed E-state index contributed by atoms with van der Waals surface area (Å²) < 4.78 is 0. The van der Waals surface area contributed by atoms with E-state index in [1.165, 1.54) is 69.8 Å². The summed E-state index contributed by atoms with van der Waals surface area (Å²) in [4.78, 5) is 17.7. The normalized spacial score (nSPS) is 20.3. The molecule has 2 saturated carbocycles. The third-order valence-electron chi connectivity index (χ3n) is 7.25. The first-order chi connectivity index (χ1) is 15.2. The van der Waals surface area contributed by atoms with Crippen molar-refractivity contribution in [2.24, 2.45) is 11.8 Å². The number of rotatable bonds is 5. The molecule has 0 aliphatic heterocycles. The van der Waals surface area contributed by atoms with E-state index >= 15 is 0 Å². The lowest BCUT2D eigenvalue weighted by Crippen LogP contribution is -2.25. The maximum Gasteiger partial charge on any atom is 0.227 e. The van der Waals surface area contributed by atoms with Gasteiger partial charge in [-0.2, -0.15) is 0 Å². The Morgan fingerprint density at radius 1 is 0.903 bits per heavy atom. The van der Waals surface area contributed by atoms with Gasteiger partial charge in [0.1, 0.15) is 5.82 Å². The molecule has 0 unspecified atom stereocenters. The van der Waals surface area contributed by atoms with Crippen LogP contribution in [0.1, 0.15) is 120 Å². The van der Waals surface area contributed by atoms with Gasteiger partial charge in [0.25, 0.3) is 0 Å². The smallest absolute Gasteiger partial charge is 0.227 e. The van der Waals surface area contributed by atoms with E-state index in [9.17, 15) is 4.79 Å². The van der Waals surface area contributed by atoms with Gasteiger partial charge in [-0.25, -0.2) is 10.8 Å². The predicted molar refractivity (Wildman–Crippen MR) is 131 cm³/mol. The molecule has 0 bridgehead atoms. The SMILES string of the molecule is C=Cc1c(NN)ncc(NC(=O)C2CCCCCCC2)c1C1CCCCCCCCC1. The van der Waals surface area contributed by atoms with Crippen LogP contribution < -0.4 is 16.6 Å². The Balaban J connectivity index is 1.87. The Hall–Kier alpha value is -1.88. The maximum atomic E-state index is 13.2. The minimum absolute atomic E-state index is 0.108. The van der Waals surface area contributed by atoms with E-state index in [0.717, 1.165) is 49.8 Å². The number of anilines is 2. The van der Waals surface area contributed by atoms with Crippen LogP contribution in [-0.4, -0.2) is 10.9 Å². The molecule has 2 aliphatic rings. The lowest BCUT2D eigenvalue weighted by molar-refractivity contribution is -0.120. The number of hydrazine groups is 1. The number of amides is 1. The summed E-state index contributed by atoms with van der Waals surface area (Å²) in [6, 6.07) is 0. The molecule has 3 rings (SSSR count). The zero-order valence-corrected chi connectivity index (χ0v) is 19.3. The summed E-state index contributed by atoms with van der Waals surface area (Å²) in [5.41, 5.74) is 5.73. The van der Waals surface area contributed by atoms with Crippen molar-refractivity contribution in [3.63, 3.8) is 0 Å². The summed E-state index contributed by atoms with van der Waals surface area (Å²) in [7, 11) is 0. The van der Waals surface area contributed by atoms with Gasteiger partial charge in [0, 0.05) is 11.5 Å². The molecule has 0 atom stereocenters. The number of nitrogens with two attached hydrogens (primary N) is 1. The molecule has 1 amide bonds. The van der Waals surface area contributed by atoms with Gasteiger partial charge in [-0.15, -0.1) is 0 Å². The van der Waals surface area contributed by atoms with Crippen molar-refractivity contribution in [1.82, 2.24) is 4.98 Å². The molecule has 1 aromatic rings. The molecule has 1 heterocycles. The molecule has 0 spiro atoms. The summed E-state index contributed by atoms with van der Waals surface area (Å²) in [5, 5.41) is 3.30. The summed E-state index contributed by atoms with van der Waals surface area (Å²) in [6.45, 7) is 4.06. The van der Waals surface area contributed by atoms with Gasteiger partial charge >= 0.3 is 0 Å². The number of hydrogen-bond acceptors (Lipinski definition) is 4. The molecule has 0 radical (unpaired) electrons. The van der Waals surface area contributed by atoms with Gasteiger partial charge in [0.15, 0.2) is 0 Å². The number of carbonyl (C=O) groups is 1. The zero-order chi connectivity index (χ0) is 21.9. The minimum Gasteiger partial charge on any atom is -0.324 e. The van der Waals surface area contributed by atoms with Crippen molar-refractivity contribution < 1.29 is 4.79 Å². The van der Waals surface area contributed by atoms with E-state index < -0.39 is 0 Å². The van der Waals surface area contributed by atoms with Crippen molar-refractivity contribution in [3.8, 4) is 0 Å². The number of pyridine rings is 1. The molecule has 0 aromatic carbocycles. The Labute approximate surface area is 188 Å². The Bertz CT molecular complexity index is 700. The molecule has 5 heteroatoms. The average Bonchev–Trinajstić information content (AvgIpc) is 2.76. The molecule has 2 fully saturated rings. The van der Waals surface area contributed by atoms with E-state index in [1.54, 1.807) is 6.20 Å². The van der Waals surface area contributed by atoms with E-state index in [4.69, 9.17) is 5.84 Å². The number of aromatic nitrogens is 1. The monoisotopic (exact) mass is 426 g/mol. The largest absolute Gasteiger partial charge is 0.324 e. The molecule has 0 saturated heterocycles. The first-order valence-electron chi connectivity index (χ1n) is 12.7. The van der Waals surface area contributed by atoms with Crippen molar-refractivity contribution >= 4 is 23.5 Å². The van der Waals surface area contributed by atoms with Crippen LogP contribution in [0.2, 0.25) is 0 Å². The zero-order valence-electron chi connectivity index (χ0n) is 19.3. The summed E-state index contributed by atoms with van der Waals surface area (Å²) in [6.07, 6.45) is 23.1. The first-order valence-corrected chi connectivity index (χ1v) is 12.7. The number of nitrogen functional groups attached to an aromatic ring is 1. The molecular weight excluding hydrogens is 384 g/mol. The van der Waals surface area contributed by atoms with E-state index in [1.807, 2.05) is 6.08 Å². The fraction of sp³-hybridized carbons (Fsp3) is 0.692. The van der Waals surface area contributed by atoms with Crippen LogP contribution in [0.5, 0.6) is 0 Å². The quantitative estimate of drug-likeness (QED) is 0.353. The van der Waals surface area contributed by atoms with Gasteiger partial charge < -0.3 is 10.7 Å². The lowest BCUT2D eigenvalue weighted by Gasteiger charge is -2.26. The highest BCUT2D eigenvalue weighted by molar-refractivity contribution is 5.94. The van der Waals surface area contributed by atoms with Crippen LogP contribution in [0, 0.1) is 5.92 Å². The third-order valence-corrected chi connectivity index (χ3v) is 7.25. The van der Waals surface area contributed by atoms with Crippen molar-refractivity contribution in [2.45, 2.75) is 109 Å². The second-order valence-electron chi connectivity index (χ2n) is 9.48. The van der Waals surface area contributed by atoms with Crippen LogP contribution in [0.25, 0.3) is 6.08 Å². The second-order valence-corrected chi connectivity index (χ2v) is 9.48. The van der Waals surface area contributed by atoms with E-state index in [-0.39, 0.29) is 11.8 Å². The molecule has 4 N–H and O–H groups in total. The van der Waals surface area contributed by atoms with Gasteiger partial charge in [-0.05, 0) is 37.2 Å². The lowest BCUT2D eigenvalue weighted by atomic mass is 9.83. The molecule has 31 heavy (non-hydrogen) atoms. The topological polar surface area (TPSA) is 80.0 Å². The summed E-state index contributed by atoms with van der Waals surface area (Å²) >= 11 is 0.